The van der Waals surface area contributed by atoms with Crippen molar-refractivity contribution in [2.75, 3.05) is 7.11 Å². The summed E-state index contributed by atoms with van der Waals surface area (Å²) in [7, 11) is 1.52. The molecule has 0 spiro atoms. The minimum atomic E-state index is -1.12. The summed E-state index contributed by atoms with van der Waals surface area (Å²) in [5.74, 6) is 0.235. The Bertz CT molecular complexity index is 1630. The van der Waals surface area contributed by atoms with Gasteiger partial charge in [0.25, 0.3) is 11.1 Å². The number of thioether (sulfide) groups is 1. The highest BCUT2D eigenvalue weighted by Crippen LogP contribution is 2.35. The Labute approximate surface area is 227 Å². The molecule has 190 valence electrons. The molecule has 0 bridgehead atoms. The van der Waals surface area contributed by atoms with E-state index in [-0.39, 0.29) is 16.0 Å². The Morgan fingerprint density at radius 3 is 2.61 bits per heavy atom. The van der Waals surface area contributed by atoms with Crippen LogP contribution in [0.2, 0.25) is 5.02 Å². The fraction of sp³-hybridized carbons (Fsp3) is 0.0690. The number of hydrogen-bond donors (Lipinski definition) is 1. The van der Waals surface area contributed by atoms with Crippen LogP contribution in [-0.4, -0.2) is 28.4 Å². The van der Waals surface area contributed by atoms with Gasteiger partial charge < -0.3 is 19.0 Å². The summed E-state index contributed by atoms with van der Waals surface area (Å²) in [5, 5.41) is 20.6. The van der Waals surface area contributed by atoms with E-state index in [0.717, 1.165) is 28.1 Å². The molecule has 0 aliphatic rings. The van der Waals surface area contributed by atoms with Crippen LogP contribution in [-0.2, 0) is 11.4 Å². The number of carbonyl (C=O) groups is 1. The van der Waals surface area contributed by atoms with Gasteiger partial charge in [-0.2, -0.15) is 0 Å². The zero-order valence-corrected chi connectivity index (χ0v) is 21.7. The number of benzene rings is 4. The molecule has 0 radical (unpaired) electrons. The Morgan fingerprint density at radius 2 is 1.82 bits per heavy atom. The van der Waals surface area contributed by atoms with E-state index in [9.17, 15) is 9.90 Å². The van der Waals surface area contributed by atoms with Gasteiger partial charge in [-0.3, -0.25) is 0 Å². The molecule has 0 atom stereocenters. The SMILES string of the molecule is COc1ccc(Cl)cc1-c1nnc(S/C(=C\c2ccc(OCc3cccc4ccccc34)cc2)C(=O)O)o1. The molecule has 38 heavy (non-hydrogen) atoms. The molecule has 7 nitrogen and oxygen atoms in total. The standard InChI is InChI=1S/C29H21ClN2O5S/c1-35-25-14-11-21(30)16-24(25)27-31-32-29(37-27)38-26(28(33)34)15-18-9-12-22(13-10-18)36-17-20-7-4-6-19-5-2-3-8-23(19)20/h2-16H,17H2,1H3,(H,33,34)/b26-15-. The van der Waals surface area contributed by atoms with Crippen LogP contribution in [0.1, 0.15) is 11.1 Å². The van der Waals surface area contributed by atoms with Crippen molar-refractivity contribution in [1.82, 2.24) is 10.2 Å². The van der Waals surface area contributed by atoms with E-state index in [1.807, 2.05) is 24.3 Å². The lowest BCUT2D eigenvalue weighted by Gasteiger charge is -2.09. The second-order valence-electron chi connectivity index (χ2n) is 8.13. The lowest BCUT2D eigenvalue weighted by molar-refractivity contribution is -0.131. The second-order valence-corrected chi connectivity index (χ2v) is 9.56. The zero-order chi connectivity index (χ0) is 26.5. The van der Waals surface area contributed by atoms with Crippen molar-refractivity contribution in [2.24, 2.45) is 0 Å². The largest absolute Gasteiger partial charge is 0.496 e. The van der Waals surface area contributed by atoms with E-state index in [2.05, 4.69) is 28.4 Å². The van der Waals surface area contributed by atoms with E-state index in [4.69, 9.17) is 25.5 Å². The summed E-state index contributed by atoms with van der Waals surface area (Å²) in [6, 6.07) is 26.5. The van der Waals surface area contributed by atoms with E-state index >= 15 is 0 Å². The van der Waals surface area contributed by atoms with Crippen LogP contribution in [0.4, 0.5) is 0 Å². The molecule has 1 N–H and O–H groups in total. The number of carboxylic acids is 1. The lowest BCUT2D eigenvalue weighted by Crippen LogP contribution is -1.97. The highest BCUT2D eigenvalue weighted by Gasteiger charge is 2.18. The van der Waals surface area contributed by atoms with Gasteiger partial charge in [-0.1, -0.05) is 66.2 Å². The number of rotatable bonds is 9. The van der Waals surface area contributed by atoms with E-state index < -0.39 is 5.97 Å². The molecule has 0 saturated heterocycles. The normalized spacial score (nSPS) is 11.5. The molecular weight excluding hydrogens is 524 g/mol. The fourth-order valence-electron chi connectivity index (χ4n) is 3.83. The van der Waals surface area contributed by atoms with Crippen LogP contribution < -0.4 is 9.47 Å². The number of aromatic nitrogens is 2. The highest BCUT2D eigenvalue weighted by atomic mass is 35.5. The first-order valence-electron chi connectivity index (χ1n) is 11.5. The quantitative estimate of drug-likeness (QED) is 0.152. The molecule has 5 aromatic rings. The van der Waals surface area contributed by atoms with E-state index in [1.165, 1.54) is 13.2 Å². The third-order valence-electron chi connectivity index (χ3n) is 5.66. The average molecular weight is 545 g/mol. The number of carboxylic acid groups (broad SMARTS) is 1. The predicted octanol–water partition coefficient (Wildman–Crippen LogP) is 7.35. The number of hydrogen-bond acceptors (Lipinski definition) is 7. The maximum Gasteiger partial charge on any atom is 0.342 e. The Hall–Kier alpha value is -4.27. The molecule has 0 aliphatic carbocycles. The highest BCUT2D eigenvalue weighted by molar-refractivity contribution is 8.03. The van der Waals surface area contributed by atoms with Gasteiger partial charge in [0.1, 0.15) is 23.0 Å². The minimum absolute atomic E-state index is 0.0164. The molecule has 1 aromatic heterocycles. The number of methoxy groups -OCH3 is 1. The summed E-state index contributed by atoms with van der Waals surface area (Å²) in [6.45, 7) is 0.420. The average Bonchev–Trinajstić information content (AvgIpc) is 3.40. The van der Waals surface area contributed by atoms with Gasteiger partial charge >= 0.3 is 5.97 Å². The molecule has 1 heterocycles. The number of aliphatic carboxylic acids is 1. The molecule has 0 aliphatic heterocycles. The van der Waals surface area contributed by atoms with Crippen LogP contribution >= 0.6 is 23.4 Å². The van der Waals surface area contributed by atoms with Gasteiger partial charge in [0.2, 0.25) is 0 Å². The van der Waals surface area contributed by atoms with E-state index in [1.54, 1.807) is 42.5 Å². The number of ether oxygens (including phenoxy) is 2. The molecule has 5 rings (SSSR count). The summed E-state index contributed by atoms with van der Waals surface area (Å²) < 4.78 is 17.0. The van der Waals surface area contributed by atoms with Crippen molar-refractivity contribution in [1.29, 1.82) is 0 Å². The minimum Gasteiger partial charge on any atom is -0.496 e. The topological polar surface area (TPSA) is 94.7 Å². The van der Waals surface area contributed by atoms with Gasteiger partial charge in [-0.05, 0) is 70.1 Å². The first-order valence-corrected chi connectivity index (χ1v) is 12.7. The third-order valence-corrected chi connectivity index (χ3v) is 6.75. The van der Waals surface area contributed by atoms with Crippen molar-refractivity contribution in [3.05, 3.63) is 106 Å². The number of fused-ring (bicyclic) bond motifs is 1. The molecule has 0 unspecified atom stereocenters. The third kappa shape index (κ3) is 5.82. The van der Waals surface area contributed by atoms with Crippen molar-refractivity contribution >= 4 is 46.2 Å². The number of halogens is 1. The van der Waals surface area contributed by atoms with Crippen LogP contribution in [0.25, 0.3) is 28.3 Å². The van der Waals surface area contributed by atoms with Crippen molar-refractivity contribution in [2.45, 2.75) is 11.8 Å². The summed E-state index contributed by atoms with van der Waals surface area (Å²) in [4.78, 5) is 11.9. The van der Waals surface area contributed by atoms with Crippen LogP contribution in [0, 0.1) is 0 Å². The molecule has 0 fully saturated rings. The first-order chi connectivity index (χ1) is 18.5. The van der Waals surface area contributed by atoms with Crippen LogP contribution in [0.5, 0.6) is 11.5 Å². The molecule has 4 aromatic carbocycles. The summed E-state index contributed by atoms with van der Waals surface area (Å²) in [5.41, 5.74) is 2.29. The van der Waals surface area contributed by atoms with Gasteiger partial charge in [0.15, 0.2) is 0 Å². The Kier molecular flexibility index (Phi) is 7.62. The van der Waals surface area contributed by atoms with Crippen molar-refractivity contribution < 1.29 is 23.8 Å². The molecule has 0 saturated carbocycles. The lowest BCUT2D eigenvalue weighted by atomic mass is 10.1. The van der Waals surface area contributed by atoms with E-state index in [0.29, 0.717) is 34.3 Å². The van der Waals surface area contributed by atoms with Crippen molar-refractivity contribution in [3.8, 4) is 23.0 Å². The predicted molar refractivity (Wildman–Crippen MR) is 147 cm³/mol. The maximum atomic E-state index is 11.9. The van der Waals surface area contributed by atoms with Crippen molar-refractivity contribution in [3.63, 3.8) is 0 Å². The van der Waals surface area contributed by atoms with Crippen LogP contribution in [0.15, 0.2) is 99.5 Å². The smallest absolute Gasteiger partial charge is 0.342 e. The first kappa shape index (κ1) is 25.4. The zero-order valence-electron chi connectivity index (χ0n) is 20.1. The van der Waals surface area contributed by atoms with Gasteiger partial charge in [0, 0.05) is 5.02 Å². The van der Waals surface area contributed by atoms with Gasteiger partial charge in [-0.15, -0.1) is 10.2 Å². The maximum absolute atomic E-state index is 11.9. The molecule has 9 heteroatoms. The van der Waals surface area contributed by atoms with Gasteiger partial charge in [0.05, 0.1) is 12.7 Å². The fourth-order valence-corrected chi connectivity index (χ4v) is 4.67. The second kappa shape index (κ2) is 11.4. The summed E-state index contributed by atoms with van der Waals surface area (Å²) >= 11 is 6.94. The van der Waals surface area contributed by atoms with Crippen LogP contribution in [0.3, 0.4) is 0 Å². The molecule has 0 amide bonds. The Balaban J connectivity index is 1.29. The molecular formula is C29H21ClN2O5S. The summed E-state index contributed by atoms with van der Waals surface area (Å²) in [6.07, 6.45) is 1.53. The van der Waals surface area contributed by atoms with Gasteiger partial charge in [-0.25, -0.2) is 4.79 Å². The number of nitrogens with zero attached hydrogens (tertiary/aromatic N) is 2. The monoisotopic (exact) mass is 544 g/mol. The Morgan fingerprint density at radius 1 is 1.03 bits per heavy atom.